The Labute approximate surface area is 128 Å². The summed E-state index contributed by atoms with van der Waals surface area (Å²) in [6.45, 7) is 2.51. The van der Waals surface area contributed by atoms with Crippen LogP contribution in [0.2, 0.25) is 0 Å². The molecule has 0 saturated heterocycles. The van der Waals surface area contributed by atoms with Crippen LogP contribution in [0.4, 0.5) is 0 Å². The summed E-state index contributed by atoms with van der Waals surface area (Å²) in [5, 5.41) is 18.2. The van der Waals surface area contributed by atoms with Crippen LogP contribution in [-0.4, -0.2) is 25.2 Å². The van der Waals surface area contributed by atoms with Crippen LogP contribution >= 0.6 is 27.3 Å². The lowest BCUT2D eigenvalue weighted by molar-refractivity contribution is 0.470. The average Bonchev–Trinajstić information content (AvgIpc) is 3.19. The monoisotopic (exact) mass is 353 g/mol. The molecule has 3 heterocycles. The molecule has 0 radical (unpaired) electrons. The Hall–Kier alpha value is -1.54. The van der Waals surface area contributed by atoms with E-state index in [0.717, 1.165) is 17.0 Å². The van der Waals surface area contributed by atoms with Gasteiger partial charge in [0.05, 0.1) is 21.6 Å². The van der Waals surface area contributed by atoms with E-state index in [2.05, 4.69) is 43.4 Å². The number of thiophene rings is 1. The van der Waals surface area contributed by atoms with Crippen molar-refractivity contribution < 1.29 is 4.42 Å². The maximum Gasteiger partial charge on any atom is 0.257 e. The van der Waals surface area contributed by atoms with Crippen molar-refractivity contribution in [1.82, 2.24) is 25.2 Å². The topological polar surface area (TPSA) is 69.6 Å². The van der Waals surface area contributed by atoms with Crippen molar-refractivity contribution in [2.45, 2.75) is 24.7 Å². The molecule has 3 rings (SSSR count). The third-order valence-corrected chi connectivity index (χ3v) is 4.71. The van der Waals surface area contributed by atoms with Crippen LogP contribution in [0.1, 0.15) is 29.8 Å². The summed E-state index contributed by atoms with van der Waals surface area (Å²) in [6, 6.07) is 3.90. The maximum atomic E-state index is 5.62. The molecule has 1 unspecified atom stereocenters. The van der Waals surface area contributed by atoms with Gasteiger partial charge in [-0.05, 0) is 17.9 Å². The van der Waals surface area contributed by atoms with Crippen LogP contribution in [0.3, 0.4) is 0 Å². The van der Waals surface area contributed by atoms with Crippen LogP contribution in [0.15, 0.2) is 28.1 Å². The van der Waals surface area contributed by atoms with Gasteiger partial charge in [-0.1, -0.05) is 34.1 Å². The summed E-state index contributed by atoms with van der Waals surface area (Å²) < 4.78 is 7.32. The second kappa shape index (κ2) is 5.84. The average molecular weight is 354 g/mol. The van der Waals surface area contributed by atoms with Crippen molar-refractivity contribution in [3.05, 3.63) is 35.3 Å². The van der Waals surface area contributed by atoms with Gasteiger partial charge >= 0.3 is 0 Å². The Balaban J connectivity index is 1.73. The van der Waals surface area contributed by atoms with Gasteiger partial charge in [0.25, 0.3) is 5.89 Å². The van der Waals surface area contributed by atoms with E-state index in [0.29, 0.717) is 18.3 Å². The first-order valence-electron chi connectivity index (χ1n) is 6.16. The van der Waals surface area contributed by atoms with E-state index in [1.165, 1.54) is 0 Å². The van der Waals surface area contributed by atoms with Gasteiger partial charge < -0.3 is 4.42 Å². The molecule has 0 aliphatic heterocycles. The second-order valence-corrected chi connectivity index (χ2v) is 6.25. The van der Waals surface area contributed by atoms with E-state index in [1.807, 2.05) is 23.7 Å². The predicted octanol–water partition coefficient (Wildman–Crippen LogP) is 3.28. The van der Waals surface area contributed by atoms with Gasteiger partial charge in [-0.15, -0.1) is 26.6 Å². The lowest BCUT2D eigenvalue weighted by Gasteiger charge is -1.98. The highest BCUT2D eigenvalue weighted by atomic mass is 79.9. The molecule has 6 nitrogen and oxygen atoms in total. The van der Waals surface area contributed by atoms with Gasteiger partial charge in [-0.3, -0.25) is 0 Å². The molecule has 0 bridgehead atoms. The number of aromatic nitrogens is 5. The van der Waals surface area contributed by atoms with Gasteiger partial charge in [0, 0.05) is 0 Å². The molecule has 3 aromatic heterocycles. The Bertz CT molecular complexity index is 678. The van der Waals surface area contributed by atoms with Crippen LogP contribution in [0, 0.1) is 0 Å². The van der Waals surface area contributed by atoms with Gasteiger partial charge in [0.1, 0.15) is 6.54 Å². The predicted molar refractivity (Wildman–Crippen MR) is 78.7 cm³/mol. The van der Waals surface area contributed by atoms with E-state index < -0.39 is 0 Å². The normalized spacial score (nSPS) is 12.7. The largest absolute Gasteiger partial charge is 0.418 e. The van der Waals surface area contributed by atoms with Crippen LogP contribution < -0.4 is 0 Å². The number of hydrogen-bond donors (Lipinski definition) is 0. The molecule has 8 heteroatoms. The first-order valence-corrected chi connectivity index (χ1v) is 7.96. The molecular weight excluding hydrogens is 342 g/mol. The van der Waals surface area contributed by atoms with E-state index in [4.69, 9.17) is 4.42 Å². The lowest BCUT2D eigenvalue weighted by atomic mass is 10.3. The zero-order chi connectivity index (χ0) is 13.9. The van der Waals surface area contributed by atoms with Crippen molar-refractivity contribution in [2.75, 3.05) is 0 Å². The standard InChI is InChI=1S/C12H12BrN5OS/c1-2-8(13)9-6-18(17-14-9)7-11-15-16-12(19-11)10-4-3-5-20-10/h3-6,8H,2,7H2,1H3. The quantitative estimate of drug-likeness (QED) is 0.658. The van der Waals surface area contributed by atoms with Crippen LogP contribution in [0.5, 0.6) is 0 Å². The molecule has 0 spiro atoms. The summed E-state index contributed by atoms with van der Waals surface area (Å²) in [5.41, 5.74) is 0.908. The van der Waals surface area contributed by atoms with Gasteiger partial charge in [0.15, 0.2) is 0 Å². The molecule has 1 atom stereocenters. The highest BCUT2D eigenvalue weighted by Gasteiger charge is 2.13. The first-order chi connectivity index (χ1) is 9.76. The van der Waals surface area contributed by atoms with Crippen LogP contribution in [-0.2, 0) is 6.54 Å². The summed E-state index contributed by atoms with van der Waals surface area (Å²) in [6.07, 6.45) is 2.85. The third kappa shape index (κ3) is 2.80. The van der Waals surface area contributed by atoms with Crippen molar-refractivity contribution >= 4 is 27.3 Å². The molecule has 0 fully saturated rings. The maximum absolute atomic E-state index is 5.62. The molecule has 0 aliphatic rings. The number of alkyl halides is 1. The smallest absolute Gasteiger partial charge is 0.257 e. The fourth-order valence-electron chi connectivity index (χ4n) is 1.70. The molecule has 3 aromatic rings. The second-order valence-electron chi connectivity index (χ2n) is 4.20. The Morgan fingerprint density at radius 2 is 2.30 bits per heavy atom. The third-order valence-electron chi connectivity index (χ3n) is 2.73. The Morgan fingerprint density at radius 1 is 1.40 bits per heavy atom. The number of halogens is 1. The fraction of sp³-hybridized carbons (Fsp3) is 0.333. The van der Waals surface area contributed by atoms with Crippen molar-refractivity contribution in [3.8, 4) is 10.8 Å². The zero-order valence-corrected chi connectivity index (χ0v) is 13.1. The number of nitrogens with zero attached hydrogens (tertiary/aromatic N) is 5. The Morgan fingerprint density at radius 3 is 3.05 bits per heavy atom. The van der Waals surface area contributed by atoms with Gasteiger partial charge in [0.2, 0.25) is 5.89 Å². The minimum atomic E-state index is 0.223. The minimum absolute atomic E-state index is 0.223. The minimum Gasteiger partial charge on any atom is -0.418 e. The van der Waals surface area contributed by atoms with Gasteiger partial charge in [-0.2, -0.15) is 0 Å². The van der Waals surface area contributed by atoms with Crippen LogP contribution in [0.25, 0.3) is 10.8 Å². The van der Waals surface area contributed by atoms with Crippen molar-refractivity contribution in [2.24, 2.45) is 0 Å². The summed E-state index contributed by atoms with van der Waals surface area (Å²) in [4.78, 5) is 1.19. The van der Waals surface area contributed by atoms with E-state index >= 15 is 0 Å². The molecule has 104 valence electrons. The molecule has 0 amide bonds. The highest BCUT2D eigenvalue weighted by molar-refractivity contribution is 9.09. The Kier molecular flexibility index (Phi) is 3.93. The molecule has 0 aromatic carbocycles. The van der Waals surface area contributed by atoms with Crippen molar-refractivity contribution in [1.29, 1.82) is 0 Å². The van der Waals surface area contributed by atoms with E-state index in [-0.39, 0.29) is 4.83 Å². The van der Waals surface area contributed by atoms with E-state index in [9.17, 15) is 0 Å². The SMILES string of the molecule is CCC(Br)c1cn(Cc2nnc(-c3cccs3)o2)nn1. The summed E-state index contributed by atoms with van der Waals surface area (Å²) in [5.74, 6) is 1.06. The van der Waals surface area contributed by atoms with E-state index in [1.54, 1.807) is 16.0 Å². The number of hydrogen-bond acceptors (Lipinski definition) is 6. The summed E-state index contributed by atoms with van der Waals surface area (Å²) >= 11 is 5.12. The molecule has 0 aliphatic carbocycles. The lowest BCUT2D eigenvalue weighted by Crippen LogP contribution is -2.00. The summed E-state index contributed by atoms with van der Waals surface area (Å²) in [7, 11) is 0. The highest BCUT2D eigenvalue weighted by Crippen LogP contribution is 2.24. The fourth-order valence-corrected chi connectivity index (χ4v) is 2.55. The molecular formula is C12H12BrN5OS. The number of rotatable bonds is 5. The molecule has 0 N–H and O–H groups in total. The first kappa shape index (κ1) is 13.4. The molecule has 0 saturated carbocycles. The van der Waals surface area contributed by atoms with Crippen molar-refractivity contribution in [3.63, 3.8) is 0 Å². The van der Waals surface area contributed by atoms with Gasteiger partial charge in [-0.25, -0.2) is 4.68 Å². The zero-order valence-electron chi connectivity index (χ0n) is 10.7. The molecule has 20 heavy (non-hydrogen) atoms.